The van der Waals surface area contributed by atoms with Gasteiger partial charge in [0.25, 0.3) is 17.5 Å². The van der Waals surface area contributed by atoms with Crippen LogP contribution in [0.3, 0.4) is 0 Å². The largest absolute Gasteiger partial charge is 0.273 e. The first-order valence-electron chi connectivity index (χ1n) is 9.99. The van der Waals surface area contributed by atoms with Crippen LogP contribution in [0.4, 0.5) is 5.69 Å². The highest BCUT2D eigenvalue weighted by molar-refractivity contribution is 6.02. The normalized spacial score (nSPS) is 10.5. The summed E-state index contributed by atoms with van der Waals surface area (Å²) in [5.41, 5.74) is 7.73. The van der Waals surface area contributed by atoms with Crippen LogP contribution in [0.1, 0.15) is 26.3 Å². The molecule has 2 amide bonds. The van der Waals surface area contributed by atoms with Crippen molar-refractivity contribution in [2.45, 2.75) is 6.92 Å². The average Bonchev–Trinajstić information content (AvgIpc) is 3.29. The number of nitrogens with one attached hydrogen (secondary N) is 2. The van der Waals surface area contributed by atoms with Gasteiger partial charge in [-0.2, -0.15) is 5.10 Å². The highest BCUT2D eigenvalue weighted by atomic mass is 16.6. The van der Waals surface area contributed by atoms with E-state index in [1.165, 1.54) is 18.2 Å². The minimum absolute atomic E-state index is 0.0448. The van der Waals surface area contributed by atoms with E-state index in [9.17, 15) is 19.7 Å². The summed E-state index contributed by atoms with van der Waals surface area (Å²) < 4.78 is 1.59. The predicted octanol–water partition coefficient (Wildman–Crippen LogP) is 3.83. The van der Waals surface area contributed by atoms with Crippen molar-refractivity contribution in [3.63, 3.8) is 0 Å². The van der Waals surface area contributed by atoms with Gasteiger partial charge in [0.15, 0.2) is 0 Å². The highest BCUT2D eigenvalue weighted by Crippen LogP contribution is 2.24. The Morgan fingerprint density at radius 1 is 0.909 bits per heavy atom. The molecule has 0 fully saturated rings. The van der Waals surface area contributed by atoms with Crippen molar-refractivity contribution < 1.29 is 14.5 Å². The summed E-state index contributed by atoms with van der Waals surface area (Å²) >= 11 is 0. The molecule has 0 spiro atoms. The van der Waals surface area contributed by atoms with Gasteiger partial charge in [-0.25, -0.2) is 4.68 Å². The monoisotopic (exact) mass is 441 g/mol. The predicted molar refractivity (Wildman–Crippen MR) is 122 cm³/mol. The van der Waals surface area contributed by atoms with Crippen LogP contribution in [0, 0.1) is 17.0 Å². The molecule has 0 aliphatic rings. The fraction of sp³-hybridized carbons (Fsp3) is 0.0417. The molecule has 0 aliphatic carbocycles. The van der Waals surface area contributed by atoms with Crippen molar-refractivity contribution >= 4 is 17.5 Å². The number of hydrazine groups is 1. The first-order valence-corrected chi connectivity index (χ1v) is 9.99. The Hall–Kier alpha value is -4.79. The molecule has 1 heterocycles. The van der Waals surface area contributed by atoms with Crippen LogP contribution < -0.4 is 10.9 Å². The number of hydrogen-bond acceptors (Lipinski definition) is 5. The summed E-state index contributed by atoms with van der Waals surface area (Å²) in [5.74, 6) is -1.26. The van der Waals surface area contributed by atoms with Crippen molar-refractivity contribution in [1.82, 2.24) is 20.6 Å². The zero-order chi connectivity index (χ0) is 23.4. The van der Waals surface area contributed by atoms with Gasteiger partial charge in [-0.3, -0.25) is 30.6 Å². The van der Waals surface area contributed by atoms with Gasteiger partial charge in [0.1, 0.15) is 5.69 Å². The Morgan fingerprint density at radius 2 is 1.64 bits per heavy atom. The summed E-state index contributed by atoms with van der Waals surface area (Å²) in [4.78, 5) is 35.7. The number of benzene rings is 3. The lowest BCUT2D eigenvalue weighted by molar-refractivity contribution is -0.384. The van der Waals surface area contributed by atoms with Gasteiger partial charge in [-0.1, -0.05) is 48.0 Å². The topological polar surface area (TPSA) is 119 Å². The molecule has 1 aromatic heterocycles. The first-order chi connectivity index (χ1) is 15.9. The summed E-state index contributed by atoms with van der Waals surface area (Å²) in [6.45, 7) is 1.94. The second-order valence-corrected chi connectivity index (χ2v) is 7.26. The molecule has 0 aliphatic heterocycles. The number of hydrogen-bond donors (Lipinski definition) is 2. The SMILES string of the molecule is Cc1cccc(-c2nn(-c3ccccc3)cc2C(=O)NNC(=O)c2cccc([N+](=O)[O-])c2)c1. The second-order valence-electron chi connectivity index (χ2n) is 7.26. The smallest absolute Gasteiger partial charge is 0.267 e. The number of carbonyl (C=O) groups is 2. The van der Waals surface area contributed by atoms with Gasteiger partial charge < -0.3 is 0 Å². The third-order valence-corrected chi connectivity index (χ3v) is 4.88. The van der Waals surface area contributed by atoms with Crippen LogP contribution in [0.2, 0.25) is 0 Å². The lowest BCUT2D eigenvalue weighted by atomic mass is 10.1. The molecule has 0 bridgehead atoms. The van der Waals surface area contributed by atoms with Crippen LogP contribution in [0.5, 0.6) is 0 Å². The summed E-state index contributed by atoms with van der Waals surface area (Å²) in [7, 11) is 0. The van der Waals surface area contributed by atoms with Gasteiger partial charge in [-0.15, -0.1) is 0 Å². The minimum Gasteiger partial charge on any atom is -0.267 e. The molecule has 4 aromatic rings. The van der Waals surface area contributed by atoms with Crippen molar-refractivity contribution in [2.75, 3.05) is 0 Å². The average molecular weight is 441 g/mol. The number of amides is 2. The molecule has 9 heteroatoms. The fourth-order valence-electron chi connectivity index (χ4n) is 3.27. The van der Waals surface area contributed by atoms with E-state index >= 15 is 0 Å². The molecule has 4 rings (SSSR count). The van der Waals surface area contributed by atoms with Gasteiger partial charge >= 0.3 is 0 Å². The number of nitrogens with zero attached hydrogens (tertiary/aromatic N) is 3. The van der Waals surface area contributed by atoms with Crippen LogP contribution in [-0.4, -0.2) is 26.5 Å². The molecule has 33 heavy (non-hydrogen) atoms. The Bertz CT molecular complexity index is 1350. The summed E-state index contributed by atoms with van der Waals surface area (Å²) in [5, 5.41) is 15.5. The maximum Gasteiger partial charge on any atom is 0.273 e. The van der Waals surface area contributed by atoms with Crippen molar-refractivity contribution in [3.05, 3.63) is 112 Å². The molecule has 9 nitrogen and oxygen atoms in total. The maximum absolute atomic E-state index is 13.0. The molecule has 0 unspecified atom stereocenters. The lowest BCUT2D eigenvalue weighted by Gasteiger charge is -2.08. The van der Waals surface area contributed by atoms with Crippen LogP contribution >= 0.6 is 0 Å². The van der Waals surface area contributed by atoms with Crippen LogP contribution in [0.25, 0.3) is 16.9 Å². The zero-order valence-electron chi connectivity index (χ0n) is 17.6. The fourth-order valence-corrected chi connectivity index (χ4v) is 3.27. The minimum atomic E-state index is -0.681. The lowest BCUT2D eigenvalue weighted by Crippen LogP contribution is -2.41. The number of aryl methyl sites for hydroxylation is 1. The quantitative estimate of drug-likeness (QED) is 0.360. The van der Waals surface area contributed by atoms with E-state index in [2.05, 4.69) is 16.0 Å². The van der Waals surface area contributed by atoms with Gasteiger partial charge in [0.2, 0.25) is 0 Å². The number of aromatic nitrogens is 2. The Balaban J connectivity index is 1.61. The van der Waals surface area contributed by atoms with E-state index < -0.39 is 16.7 Å². The molecule has 0 saturated carbocycles. The van der Waals surface area contributed by atoms with Gasteiger partial charge in [0, 0.05) is 29.5 Å². The Kier molecular flexibility index (Phi) is 5.94. The van der Waals surface area contributed by atoms with E-state index in [-0.39, 0.29) is 16.8 Å². The maximum atomic E-state index is 13.0. The summed E-state index contributed by atoms with van der Waals surface area (Å²) in [6.07, 6.45) is 1.59. The number of non-ortho nitro benzene ring substituents is 1. The Morgan fingerprint density at radius 3 is 2.36 bits per heavy atom. The van der Waals surface area contributed by atoms with Crippen molar-refractivity contribution in [1.29, 1.82) is 0 Å². The Labute approximate surface area is 188 Å². The number of nitro groups is 1. The number of rotatable bonds is 5. The van der Waals surface area contributed by atoms with Crippen LogP contribution in [-0.2, 0) is 0 Å². The molecule has 164 valence electrons. The molecule has 2 N–H and O–H groups in total. The van der Waals surface area contributed by atoms with Gasteiger partial charge in [-0.05, 0) is 31.2 Å². The van der Waals surface area contributed by atoms with E-state index in [1.54, 1.807) is 10.9 Å². The molecule has 0 radical (unpaired) electrons. The van der Waals surface area contributed by atoms with Gasteiger partial charge in [0.05, 0.1) is 16.2 Å². The zero-order valence-corrected chi connectivity index (χ0v) is 17.6. The van der Waals surface area contributed by atoms with E-state index in [0.717, 1.165) is 22.9 Å². The van der Waals surface area contributed by atoms with Crippen molar-refractivity contribution in [3.8, 4) is 16.9 Å². The third kappa shape index (κ3) is 4.77. The first kappa shape index (κ1) is 21.4. The molecule has 0 saturated heterocycles. The number of nitro benzene ring substituents is 1. The van der Waals surface area contributed by atoms with Crippen molar-refractivity contribution in [2.24, 2.45) is 0 Å². The highest BCUT2D eigenvalue weighted by Gasteiger charge is 2.20. The van der Waals surface area contributed by atoms with E-state index in [1.807, 2.05) is 61.5 Å². The summed E-state index contributed by atoms with van der Waals surface area (Å²) in [6, 6.07) is 22.1. The molecular formula is C24H19N5O4. The number of para-hydroxylation sites is 1. The second kappa shape index (κ2) is 9.15. The molecular weight excluding hydrogens is 422 g/mol. The number of carbonyl (C=O) groups excluding carboxylic acids is 2. The van der Waals surface area contributed by atoms with Crippen LogP contribution in [0.15, 0.2) is 85.1 Å². The third-order valence-electron chi connectivity index (χ3n) is 4.88. The van der Waals surface area contributed by atoms with E-state index in [4.69, 9.17) is 0 Å². The molecule has 3 aromatic carbocycles. The molecule has 0 atom stereocenters. The van der Waals surface area contributed by atoms with E-state index in [0.29, 0.717) is 5.69 Å². The standard InChI is InChI=1S/C24H19N5O4/c1-16-7-5-8-17(13-16)22-21(15-28(27-22)19-10-3-2-4-11-19)24(31)26-25-23(30)18-9-6-12-20(14-18)29(32)33/h2-15H,1H3,(H,25,30)(H,26,31).